The third-order valence-corrected chi connectivity index (χ3v) is 2.48. The summed E-state index contributed by atoms with van der Waals surface area (Å²) in [6.07, 6.45) is -5.64. The van der Waals surface area contributed by atoms with Crippen LogP contribution < -0.4 is 0 Å². The van der Waals surface area contributed by atoms with Crippen LogP contribution in [0.25, 0.3) is 10.9 Å². The van der Waals surface area contributed by atoms with Gasteiger partial charge in [0.05, 0.1) is 0 Å². The van der Waals surface area contributed by atoms with E-state index in [1.165, 1.54) is 0 Å². The quantitative estimate of drug-likeness (QED) is 0.815. The fourth-order valence-corrected chi connectivity index (χ4v) is 1.65. The van der Waals surface area contributed by atoms with Gasteiger partial charge in [0.15, 0.2) is 6.10 Å². The van der Waals surface area contributed by atoms with Crippen LogP contribution in [0.1, 0.15) is 5.56 Å². The molecule has 0 aliphatic heterocycles. The van der Waals surface area contributed by atoms with Crippen LogP contribution in [-0.2, 0) is 6.42 Å². The average Bonchev–Trinajstić information content (AvgIpc) is 2.65. The third kappa shape index (κ3) is 2.04. The lowest BCUT2D eigenvalue weighted by atomic mass is 10.0. The molecule has 0 spiro atoms. The molecule has 2 rings (SSSR count). The molecule has 1 aromatic heterocycles. The molecule has 1 atom stereocenters. The number of benzene rings is 1. The van der Waals surface area contributed by atoms with E-state index in [4.69, 9.17) is 5.11 Å². The molecule has 0 aliphatic carbocycles. The summed E-state index contributed by atoms with van der Waals surface area (Å²) in [5.41, 5.74) is 1.26. The highest BCUT2D eigenvalue weighted by Crippen LogP contribution is 2.26. The summed E-state index contributed by atoms with van der Waals surface area (Å²) in [6, 6.07) is 6.73. The van der Waals surface area contributed by atoms with Gasteiger partial charge in [0.25, 0.3) is 0 Å². The molecule has 2 aromatic rings. The number of hydrogen-bond donors (Lipinski definition) is 2. The predicted octanol–water partition coefficient (Wildman–Crippen LogP) is 2.63. The largest absolute Gasteiger partial charge is 0.414 e. The topological polar surface area (TPSA) is 36.0 Å². The number of aliphatic hydroxyl groups is 1. The van der Waals surface area contributed by atoms with Crippen LogP contribution in [0.3, 0.4) is 0 Å². The van der Waals surface area contributed by atoms with Gasteiger partial charge in [-0.25, -0.2) is 0 Å². The van der Waals surface area contributed by atoms with Crippen molar-refractivity contribution >= 4 is 10.9 Å². The number of rotatable bonds is 2. The maximum Gasteiger partial charge on any atom is 0.414 e. The zero-order valence-electron chi connectivity index (χ0n) is 8.25. The molecule has 0 bridgehead atoms. The summed E-state index contributed by atoms with van der Waals surface area (Å²) < 4.78 is 36.6. The van der Waals surface area contributed by atoms with E-state index in [-0.39, 0.29) is 0 Å². The Morgan fingerprint density at radius 3 is 2.69 bits per heavy atom. The molecule has 1 unspecified atom stereocenters. The van der Waals surface area contributed by atoms with Crippen molar-refractivity contribution in [1.82, 2.24) is 4.98 Å². The Morgan fingerprint density at radius 1 is 1.25 bits per heavy atom. The van der Waals surface area contributed by atoms with Crippen LogP contribution in [0.4, 0.5) is 13.2 Å². The van der Waals surface area contributed by atoms with Gasteiger partial charge in [-0.05, 0) is 17.7 Å². The average molecular weight is 229 g/mol. The van der Waals surface area contributed by atoms with E-state index < -0.39 is 18.7 Å². The first-order chi connectivity index (χ1) is 7.48. The molecule has 5 heteroatoms. The van der Waals surface area contributed by atoms with E-state index in [0.717, 1.165) is 5.52 Å². The Labute approximate surface area is 89.7 Å². The maximum absolute atomic E-state index is 12.2. The van der Waals surface area contributed by atoms with Crippen LogP contribution in [0.5, 0.6) is 0 Å². The number of aromatic nitrogens is 1. The molecule has 1 heterocycles. The molecule has 16 heavy (non-hydrogen) atoms. The highest BCUT2D eigenvalue weighted by atomic mass is 19.4. The summed E-state index contributed by atoms with van der Waals surface area (Å²) in [5.74, 6) is 0. The minimum absolute atomic E-state index is 0.418. The second-order valence-electron chi connectivity index (χ2n) is 3.62. The van der Waals surface area contributed by atoms with Gasteiger partial charge in [0, 0.05) is 23.5 Å². The number of alkyl halides is 3. The molecule has 1 aromatic carbocycles. The van der Waals surface area contributed by atoms with Gasteiger partial charge in [-0.15, -0.1) is 0 Å². The smallest absolute Gasteiger partial charge is 0.383 e. The molecular weight excluding hydrogens is 219 g/mol. The first-order valence-electron chi connectivity index (χ1n) is 4.78. The van der Waals surface area contributed by atoms with Crippen molar-refractivity contribution in [2.24, 2.45) is 0 Å². The van der Waals surface area contributed by atoms with Crippen molar-refractivity contribution in [1.29, 1.82) is 0 Å². The van der Waals surface area contributed by atoms with Crippen LogP contribution in [-0.4, -0.2) is 22.4 Å². The Balaban J connectivity index is 2.31. The predicted molar refractivity (Wildman–Crippen MR) is 54.1 cm³/mol. The van der Waals surface area contributed by atoms with Crippen molar-refractivity contribution in [2.75, 3.05) is 0 Å². The number of H-pyrrole nitrogens is 1. The Morgan fingerprint density at radius 2 is 2.00 bits per heavy atom. The number of aromatic amines is 1. The fraction of sp³-hybridized carbons (Fsp3) is 0.273. The lowest BCUT2D eigenvalue weighted by Crippen LogP contribution is -2.30. The molecule has 0 saturated carbocycles. The minimum Gasteiger partial charge on any atom is -0.383 e. The highest BCUT2D eigenvalue weighted by molar-refractivity contribution is 5.82. The summed E-state index contributed by atoms with van der Waals surface area (Å²) >= 11 is 0. The van der Waals surface area contributed by atoms with E-state index in [1.807, 2.05) is 0 Å². The van der Waals surface area contributed by atoms with Crippen molar-refractivity contribution in [3.05, 3.63) is 36.0 Å². The minimum atomic E-state index is -4.57. The van der Waals surface area contributed by atoms with E-state index >= 15 is 0 Å². The number of fused-ring (bicyclic) bond motifs is 1. The second-order valence-corrected chi connectivity index (χ2v) is 3.62. The normalized spacial score (nSPS) is 14.2. The van der Waals surface area contributed by atoms with E-state index in [1.54, 1.807) is 30.5 Å². The summed E-state index contributed by atoms with van der Waals surface area (Å²) in [6.45, 7) is 0. The molecule has 2 nitrogen and oxygen atoms in total. The van der Waals surface area contributed by atoms with Crippen LogP contribution in [0.15, 0.2) is 30.5 Å². The number of aliphatic hydroxyl groups excluding tert-OH is 1. The molecule has 0 amide bonds. The summed E-state index contributed by atoms with van der Waals surface area (Å²) in [5, 5.41) is 9.71. The highest BCUT2D eigenvalue weighted by Gasteiger charge is 2.38. The molecule has 2 N–H and O–H groups in total. The first kappa shape index (κ1) is 11.0. The van der Waals surface area contributed by atoms with Crippen molar-refractivity contribution in [3.8, 4) is 0 Å². The van der Waals surface area contributed by atoms with Crippen LogP contribution in [0.2, 0.25) is 0 Å². The van der Waals surface area contributed by atoms with E-state index in [9.17, 15) is 13.2 Å². The lowest BCUT2D eigenvalue weighted by molar-refractivity contribution is -0.202. The molecule has 0 aliphatic rings. The zero-order chi connectivity index (χ0) is 11.8. The van der Waals surface area contributed by atoms with Gasteiger partial charge in [-0.2, -0.15) is 13.2 Å². The van der Waals surface area contributed by atoms with E-state index in [0.29, 0.717) is 10.9 Å². The summed E-state index contributed by atoms with van der Waals surface area (Å²) in [7, 11) is 0. The Hall–Kier alpha value is -1.49. The standard InChI is InChI=1S/C11H10F3NO/c12-11(13,14)10(16)6-7-2-1-3-9-8(7)4-5-15-9/h1-5,10,15-16H,6H2. The Kier molecular flexibility index (Phi) is 2.63. The van der Waals surface area contributed by atoms with Crippen LogP contribution in [0, 0.1) is 0 Å². The first-order valence-corrected chi connectivity index (χ1v) is 4.78. The second kappa shape index (κ2) is 3.83. The van der Waals surface area contributed by atoms with E-state index in [2.05, 4.69) is 4.98 Å². The van der Waals surface area contributed by atoms with Crippen molar-refractivity contribution in [2.45, 2.75) is 18.7 Å². The lowest BCUT2D eigenvalue weighted by Gasteiger charge is -2.14. The third-order valence-electron chi connectivity index (χ3n) is 2.48. The number of nitrogens with one attached hydrogen (secondary N) is 1. The summed E-state index contributed by atoms with van der Waals surface area (Å²) in [4.78, 5) is 2.91. The monoisotopic (exact) mass is 229 g/mol. The van der Waals surface area contributed by atoms with Gasteiger partial charge in [-0.3, -0.25) is 0 Å². The van der Waals surface area contributed by atoms with Gasteiger partial charge in [0.2, 0.25) is 0 Å². The maximum atomic E-state index is 12.2. The molecule has 86 valence electrons. The van der Waals surface area contributed by atoms with Gasteiger partial charge >= 0.3 is 6.18 Å². The van der Waals surface area contributed by atoms with Gasteiger partial charge in [-0.1, -0.05) is 12.1 Å². The van der Waals surface area contributed by atoms with Crippen molar-refractivity contribution in [3.63, 3.8) is 0 Å². The SMILES string of the molecule is OC(Cc1cccc2[nH]ccc12)C(F)(F)F. The molecule has 0 radical (unpaired) electrons. The van der Waals surface area contributed by atoms with Crippen LogP contribution >= 0.6 is 0 Å². The number of hydrogen-bond acceptors (Lipinski definition) is 1. The van der Waals surface area contributed by atoms with Gasteiger partial charge in [0.1, 0.15) is 0 Å². The molecule has 0 fully saturated rings. The molecular formula is C11H10F3NO. The fourth-order valence-electron chi connectivity index (χ4n) is 1.65. The zero-order valence-corrected chi connectivity index (χ0v) is 8.25. The Bertz CT molecular complexity index is 489. The van der Waals surface area contributed by atoms with Gasteiger partial charge < -0.3 is 10.1 Å². The number of halogens is 3. The molecule has 0 saturated heterocycles. The van der Waals surface area contributed by atoms with Crippen molar-refractivity contribution < 1.29 is 18.3 Å².